The van der Waals surface area contributed by atoms with Crippen molar-refractivity contribution in [2.75, 3.05) is 45.6 Å². The van der Waals surface area contributed by atoms with Crippen LogP contribution in [0, 0.1) is 5.82 Å². The van der Waals surface area contributed by atoms with Gasteiger partial charge < -0.3 is 20.7 Å². The minimum Gasteiger partial charge on any atom is -0.493 e. The predicted molar refractivity (Wildman–Crippen MR) is 117 cm³/mol. The number of carbonyl (C=O) groups is 1. The van der Waals surface area contributed by atoms with E-state index in [9.17, 15) is 9.18 Å². The van der Waals surface area contributed by atoms with Gasteiger partial charge in [0.15, 0.2) is 0 Å². The van der Waals surface area contributed by atoms with Crippen LogP contribution in [0.5, 0.6) is 5.75 Å². The van der Waals surface area contributed by atoms with E-state index < -0.39 is 0 Å². The van der Waals surface area contributed by atoms with E-state index in [0.29, 0.717) is 53.8 Å². The van der Waals surface area contributed by atoms with Gasteiger partial charge in [0.2, 0.25) is 0 Å². The van der Waals surface area contributed by atoms with E-state index in [2.05, 4.69) is 15.1 Å². The molecule has 0 saturated carbocycles. The number of amides is 1. The lowest BCUT2D eigenvalue weighted by Gasteiger charge is -2.25. The van der Waals surface area contributed by atoms with Gasteiger partial charge in [0.25, 0.3) is 5.91 Å². The van der Waals surface area contributed by atoms with E-state index in [1.807, 2.05) is 20.0 Å². The largest absolute Gasteiger partial charge is 0.493 e. The highest BCUT2D eigenvalue weighted by atomic mass is 35.5. The zero-order chi connectivity index (χ0) is 21.7. The van der Waals surface area contributed by atoms with Crippen molar-refractivity contribution in [3.05, 3.63) is 58.4 Å². The molecule has 0 aliphatic carbocycles. The zero-order valence-electron chi connectivity index (χ0n) is 17.3. The van der Waals surface area contributed by atoms with E-state index >= 15 is 0 Å². The number of hydrogen-bond donors (Lipinski definition) is 2. The first kappa shape index (κ1) is 22.3. The number of anilines is 1. The first-order valence-corrected chi connectivity index (χ1v) is 10.4. The fraction of sp³-hybridized carbons (Fsp3) is 0.409. The molecule has 1 atom stereocenters. The number of nitrogen functional groups attached to an aromatic ring is 1. The van der Waals surface area contributed by atoms with Gasteiger partial charge in [-0.25, -0.2) is 4.39 Å². The second-order valence-corrected chi connectivity index (χ2v) is 7.97. The van der Waals surface area contributed by atoms with Crippen molar-refractivity contribution in [2.45, 2.75) is 19.5 Å². The van der Waals surface area contributed by atoms with Crippen LogP contribution in [0.25, 0.3) is 0 Å². The number of benzene rings is 2. The summed E-state index contributed by atoms with van der Waals surface area (Å²) < 4.78 is 19.7. The Kier molecular flexibility index (Phi) is 7.53. The lowest BCUT2D eigenvalue weighted by Crippen LogP contribution is -2.46. The molecule has 1 heterocycles. The minimum absolute atomic E-state index is 0.137. The molecule has 1 saturated heterocycles. The van der Waals surface area contributed by atoms with Gasteiger partial charge in [-0.05, 0) is 26.1 Å². The normalized spacial score (nSPS) is 18.1. The summed E-state index contributed by atoms with van der Waals surface area (Å²) >= 11 is 6.14. The average Bonchev–Trinajstić information content (AvgIpc) is 2.87. The molecule has 162 valence electrons. The monoisotopic (exact) mass is 434 g/mol. The number of carbonyl (C=O) groups excluding carboxylic acids is 1. The highest BCUT2D eigenvalue weighted by molar-refractivity contribution is 6.33. The van der Waals surface area contributed by atoms with Crippen LogP contribution in [0.15, 0.2) is 36.4 Å². The first-order chi connectivity index (χ1) is 14.4. The van der Waals surface area contributed by atoms with Gasteiger partial charge in [-0.1, -0.05) is 29.8 Å². The maximum absolute atomic E-state index is 14.1. The van der Waals surface area contributed by atoms with Gasteiger partial charge in [-0.3, -0.25) is 9.69 Å². The van der Waals surface area contributed by atoms with Crippen molar-refractivity contribution in [2.24, 2.45) is 0 Å². The molecule has 6 nitrogen and oxygen atoms in total. The highest BCUT2D eigenvalue weighted by Gasteiger charge is 2.25. The van der Waals surface area contributed by atoms with Crippen molar-refractivity contribution in [1.29, 1.82) is 0 Å². The van der Waals surface area contributed by atoms with Crippen molar-refractivity contribution >= 4 is 23.2 Å². The molecule has 3 N–H and O–H groups in total. The van der Waals surface area contributed by atoms with Gasteiger partial charge in [0.1, 0.15) is 11.6 Å². The SMILES string of the molecule is CCOc1cc(N)c(Cl)cc1C(=O)NC1CN(C)CCN(Cc2ccccc2F)C1. The van der Waals surface area contributed by atoms with Crippen LogP contribution in [0.4, 0.5) is 10.1 Å². The van der Waals surface area contributed by atoms with Crippen molar-refractivity contribution in [1.82, 2.24) is 15.1 Å². The van der Waals surface area contributed by atoms with Gasteiger partial charge in [0, 0.05) is 44.4 Å². The quantitative estimate of drug-likeness (QED) is 0.684. The van der Waals surface area contributed by atoms with Crippen LogP contribution in [0.2, 0.25) is 5.02 Å². The summed E-state index contributed by atoms with van der Waals surface area (Å²) in [6, 6.07) is 9.76. The molecule has 1 amide bonds. The Morgan fingerprint density at radius 3 is 2.80 bits per heavy atom. The number of nitrogens with one attached hydrogen (secondary N) is 1. The first-order valence-electron chi connectivity index (χ1n) is 10.0. The molecule has 0 bridgehead atoms. The Morgan fingerprint density at radius 1 is 1.30 bits per heavy atom. The lowest BCUT2D eigenvalue weighted by molar-refractivity contribution is 0.0920. The summed E-state index contributed by atoms with van der Waals surface area (Å²) in [6.45, 7) is 5.65. The fourth-order valence-electron chi connectivity index (χ4n) is 3.63. The van der Waals surface area contributed by atoms with E-state index in [0.717, 1.165) is 13.1 Å². The van der Waals surface area contributed by atoms with E-state index in [-0.39, 0.29) is 17.8 Å². The number of halogens is 2. The molecule has 30 heavy (non-hydrogen) atoms. The molecule has 0 aromatic heterocycles. The van der Waals surface area contributed by atoms with Crippen LogP contribution < -0.4 is 15.8 Å². The molecule has 3 rings (SSSR count). The van der Waals surface area contributed by atoms with Crippen LogP contribution in [-0.4, -0.2) is 61.6 Å². The van der Waals surface area contributed by atoms with Crippen molar-refractivity contribution in [3.8, 4) is 5.75 Å². The summed E-state index contributed by atoms with van der Waals surface area (Å²) in [5, 5.41) is 3.39. The van der Waals surface area contributed by atoms with Crippen LogP contribution >= 0.6 is 11.6 Å². The molecule has 0 radical (unpaired) electrons. The maximum Gasteiger partial charge on any atom is 0.255 e. The number of nitrogens with two attached hydrogens (primary N) is 1. The Balaban J connectivity index is 1.75. The number of likely N-dealkylation sites (N-methyl/N-ethyl adjacent to an activating group) is 1. The van der Waals surface area contributed by atoms with Crippen LogP contribution in [-0.2, 0) is 6.54 Å². The molecule has 8 heteroatoms. The molecule has 0 spiro atoms. The molecule has 2 aromatic rings. The average molecular weight is 435 g/mol. The zero-order valence-corrected chi connectivity index (χ0v) is 18.1. The Bertz CT molecular complexity index is 895. The molecule has 1 unspecified atom stereocenters. The summed E-state index contributed by atoms with van der Waals surface area (Å²) in [7, 11) is 2.01. The van der Waals surface area contributed by atoms with Gasteiger partial charge in [0.05, 0.1) is 28.9 Å². The minimum atomic E-state index is -0.272. The van der Waals surface area contributed by atoms with Crippen molar-refractivity contribution in [3.63, 3.8) is 0 Å². The molecule has 1 aliphatic rings. The van der Waals surface area contributed by atoms with E-state index in [4.69, 9.17) is 22.1 Å². The predicted octanol–water partition coefficient (Wildman–Crippen LogP) is 3.01. The summed E-state index contributed by atoms with van der Waals surface area (Å²) in [5.41, 5.74) is 7.22. The Labute approximate surface area is 181 Å². The third-order valence-corrected chi connectivity index (χ3v) is 5.47. The Hall–Kier alpha value is -2.35. The van der Waals surface area contributed by atoms with E-state index in [1.165, 1.54) is 12.1 Å². The summed E-state index contributed by atoms with van der Waals surface area (Å²) in [5.74, 6) is -0.0814. The molecule has 1 fully saturated rings. The van der Waals surface area contributed by atoms with Gasteiger partial charge >= 0.3 is 0 Å². The standard InChI is InChI=1S/C22H28ClFN4O2/c1-3-30-21-11-20(25)18(23)10-17(21)22(29)26-16-13-27(2)8-9-28(14-16)12-15-6-4-5-7-19(15)24/h4-7,10-11,16H,3,8-9,12-14,25H2,1-2H3,(H,26,29). The number of rotatable bonds is 6. The third kappa shape index (κ3) is 5.62. The third-order valence-electron chi connectivity index (χ3n) is 5.14. The van der Waals surface area contributed by atoms with E-state index in [1.54, 1.807) is 18.2 Å². The molecule has 1 aliphatic heterocycles. The second-order valence-electron chi connectivity index (χ2n) is 7.56. The second kappa shape index (κ2) is 10.1. The van der Waals surface area contributed by atoms with Gasteiger partial charge in [-0.2, -0.15) is 0 Å². The number of ether oxygens (including phenoxy) is 1. The number of hydrogen-bond acceptors (Lipinski definition) is 5. The summed E-state index contributed by atoms with van der Waals surface area (Å²) in [4.78, 5) is 17.3. The Morgan fingerprint density at radius 2 is 2.07 bits per heavy atom. The maximum atomic E-state index is 14.1. The smallest absolute Gasteiger partial charge is 0.255 e. The fourth-order valence-corrected chi connectivity index (χ4v) is 3.79. The van der Waals surface area contributed by atoms with Crippen molar-refractivity contribution < 1.29 is 13.9 Å². The molecule has 2 aromatic carbocycles. The summed E-state index contributed by atoms with van der Waals surface area (Å²) in [6.07, 6.45) is 0. The molecular formula is C22H28ClFN4O2. The molecular weight excluding hydrogens is 407 g/mol. The lowest BCUT2D eigenvalue weighted by atomic mass is 10.1. The van der Waals surface area contributed by atoms with Crippen LogP contribution in [0.3, 0.4) is 0 Å². The van der Waals surface area contributed by atoms with Gasteiger partial charge in [-0.15, -0.1) is 0 Å². The van der Waals surface area contributed by atoms with Crippen LogP contribution in [0.1, 0.15) is 22.8 Å². The number of nitrogens with zero attached hydrogens (tertiary/aromatic N) is 2. The highest BCUT2D eigenvalue weighted by Crippen LogP contribution is 2.29. The topological polar surface area (TPSA) is 70.8 Å².